The maximum Gasteiger partial charge on any atom is 0.252 e. The number of amides is 1. The molecule has 1 aliphatic carbocycles. The molecule has 150 valence electrons. The van der Waals surface area contributed by atoms with Gasteiger partial charge in [-0.25, -0.2) is 0 Å². The summed E-state index contributed by atoms with van der Waals surface area (Å²) < 4.78 is 5.39. The van der Waals surface area contributed by atoms with E-state index in [0.717, 1.165) is 38.0 Å². The van der Waals surface area contributed by atoms with Crippen LogP contribution >= 0.6 is 0 Å². The fraction of sp³-hybridized carbons (Fsp3) is 0.571. The number of hydrogen-bond acceptors (Lipinski definition) is 6. The quantitative estimate of drug-likeness (QED) is 0.763. The number of nitrogens with one attached hydrogen (secondary N) is 1. The van der Waals surface area contributed by atoms with E-state index in [0.29, 0.717) is 5.82 Å². The Hall–Kier alpha value is -2.25. The Morgan fingerprint density at radius 1 is 1.32 bits per heavy atom. The molecule has 7 heteroatoms. The Bertz CT molecular complexity index is 809. The molecule has 1 aliphatic heterocycles. The summed E-state index contributed by atoms with van der Waals surface area (Å²) in [5, 5.41) is 17.0. The van der Waals surface area contributed by atoms with Gasteiger partial charge in [0.05, 0.1) is 6.10 Å². The SMILES string of the molecule is CC(O)C(NC(=O)C1CC1)c1nc(-c2cccc(CN3CCCCC3)c2)no1. The molecule has 2 N–H and O–H groups in total. The molecule has 2 atom stereocenters. The van der Waals surface area contributed by atoms with Crippen LogP contribution in [0.3, 0.4) is 0 Å². The summed E-state index contributed by atoms with van der Waals surface area (Å²) in [6, 6.07) is 7.47. The predicted molar refractivity (Wildman–Crippen MR) is 104 cm³/mol. The number of nitrogens with zero attached hydrogens (tertiary/aromatic N) is 3. The molecule has 2 heterocycles. The van der Waals surface area contributed by atoms with Gasteiger partial charge in [-0.15, -0.1) is 0 Å². The molecule has 1 aromatic heterocycles. The zero-order valence-corrected chi connectivity index (χ0v) is 16.3. The summed E-state index contributed by atoms with van der Waals surface area (Å²) in [5.74, 6) is 0.700. The molecule has 7 nitrogen and oxygen atoms in total. The van der Waals surface area contributed by atoms with Crippen LogP contribution in [0.2, 0.25) is 0 Å². The third kappa shape index (κ3) is 4.59. The van der Waals surface area contributed by atoms with E-state index in [1.807, 2.05) is 12.1 Å². The molecule has 4 rings (SSSR count). The van der Waals surface area contributed by atoms with Gasteiger partial charge in [0.1, 0.15) is 6.04 Å². The van der Waals surface area contributed by atoms with Crippen molar-refractivity contribution in [2.75, 3.05) is 13.1 Å². The van der Waals surface area contributed by atoms with Crippen LogP contribution in [0.4, 0.5) is 0 Å². The molecule has 1 saturated carbocycles. The first kappa shape index (κ1) is 19.1. The fourth-order valence-corrected chi connectivity index (χ4v) is 3.67. The number of likely N-dealkylation sites (tertiary alicyclic amines) is 1. The van der Waals surface area contributed by atoms with Crippen LogP contribution in [0.1, 0.15) is 56.5 Å². The third-order valence-corrected chi connectivity index (χ3v) is 5.48. The summed E-state index contributed by atoms with van der Waals surface area (Å²) in [6.07, 6.45) is 4.84. The van der Waals surface area contributed by atoms with Crippen molar-refractivity contribution in [3.8, 4) is 11.4 Å². The van der Waals surface area contributed by atoms with Gasteiger partial charge in [0.25, 0.3) is 5.89 Å². The highest BCUT2D eigenvalue weighted by atomic mass is 16.5. The van der Waals surface area contributed by atoms with Crippen LogP contribution in [0.25, 0.3) is 11.4 Å². The van der Waals surface area contributed by atoms with E-state index < -0.39 is 12.1 Å². The average Bonchev–Trinajstić information content (AvgIpc) is 3.44. The zero-order chi connectivity index (χ0) is 19.5. The Balaban J connectivity index is 1.48. The van der Waals surface area contributed by atoms with Crippen LogP contribution in [0.5, 0.6) is 0 Å². The van der Waals surface area contributed by atoms with Gasteiger partial charge >= 0.3 is 0 Å². The monoisotopic (exact) mass is 384 g/mol. The highest BCUT2D eigenvalue weighted by Crippen LogP contribution is 2.30. The maximum atomic E-state index is 12.1. The van der Waals surface area contributed by atoms with E-state index in [-0.39, 0.29) is 17.7 Å². The van der Waals surface area contributed by atoms with Crippen LogP contribution < -0.4 is 5.32 Å². The second-order valence-electron chi connectivity index (χ2n) is 7.99. The van der Waals surface area contributed by atoms with Gasteiger partial charge in [0.15, 0.2) is 0 Å². The number of rotatable bonds is 7. The molecule has 0 spiro atoms. The number of piperidine rings is 1. The van der Waals surface area contributed by atoms with E-state index >= 15 is 0 Å². The summed E-state index contributed by atoms with van der Waals surface area (Å²) >= 11 is 0. The molecular formula is C21H28N4O3. The molecule has 2 unspecified atom stereocenters. The van der Waals surface area contributed by atoms with Gasteiger partial charge in [-0.3, -0.25) is 9.69 Å². The maximum absolute atomic E-state index is 12.1. The van der Waals surface area contributed by atoms with Crippen molar-refractivity contribution in [2.24, 2.45) is 5.92 Å². The normalized spacial score (nSPS) is 19.9. The number of benzene rings is 1. The lowest BCUT2D eigenvalue weighted by atomic mass is 10.1. The molecule has 2 aliphatic rings. The molecule has 0 bridgehead atoms. The van der Waals surface area contributed by atoms with Crippen molar-refractivity contribution in [1.82, 2.24) is 20.4 Å². The van der Waals surface area contributed by atoms with Crippen LogP contribution in [0, 0.1) is 5.92 Å². The van der Waals surface area contributed by atoms with Crippen molar-refractivity contribution in [3.05, 3.63) is 35.7 Å². The van der Waals surface area contributed by atoms with Gasteiger partial charge in [-0.1, -0.05) is 29.8 Å². The molecule has 1 aromatic carbocycles. The molecule has 0 radical (unpaired) electrons. The van der Waals surface area contributed by atoms with E-state index in [9.17, 15) is 9.90 Å². The van der Waals surface area contributed by atoms with E-state index in [1.54, 1.807) is 6.92 Å². The van der Waals surface area contributed by atoms with E-state index in [2.05, 4.69) is 32.5 Å². The topological polar surface area (TPSA) is 91.5 Å². The molecule has 2 fully saturated rings. The molecule has 2 aromatic rings. The first-order chi connectivity index (χ1) is 13.6. The number of carbonyl (C=O) groups excluding carboxylic acids is 1. The van der Waals surface area contributed by atoms with Crippen molar-refractivity contribution < 1.29 is 14.4 Å². The average molecular weight is 384 g/mol. The highest BCUT2D eigenvalue weighted by Gasteiger charge is 2.34. The molecule has 28 heavy (non-hydrogen) atoms. The lowest BCUT2D eigenvalue weighted by Crippen LogP contribution is -2.36. The summed E-state index contributed by atoms with van der Waals surface area (Å²) in [6.45, 7) is 4.83. The number of aliphatic hydroxyl groups excluding tert-OH is 1. The van der Waals surface area contributed by atoms with Crippen LogP contribution in [-0.2, 0) is 11.3 Å². The minimum absolute atomic E-state index is 0.0510. The van der Waals surface area contributed by atoms with Crippen molar-refractivity contribution in [2.45, 2.75) is 57.7 Å². The Labute approximate surface area is 165 Å². The second-order valence-corrected chi connectivity index (χ2v) is 7.99. The lowest BCUT2D eigenvalue weighted by molar-refractivity contribution is -0.124. The van der Waals surface area contributed by atoms with Crippen molar-refractivity contribution in [1.29, 1.82) is 0 Å². The standard InChI is InChI=1S/C21H28N4O3/c1-14(26)18(22-20(27)16-8-9-16)21-23-19(24-28-21)17-7-5-6-15(12-17)13-25-10-3-2-4-11-25/h5-7,12,14,16,18,26H,2-4,8-11,13H2,1H3,(H,22,27). The van der Waals surface area contributed by atoms with Gasteiger partial charge in [-0.2, -0.15) is 4.98 Å². The van der Waals surface area contributed by atoms with Gasteiger partial charge in [0.2, 0.25) is 11.7 Å². The first-order valence-electron chi connectivity index (χ1n) is 10.2. The zero-order valence-electron chi connectivity index (χ0n) is 16.3. The second kappa shape index (κ2) is 8.41. The predicted octanol–water partition coefficient (Wildman–Crippen LogP) is 2.67. The van der Waals surface area contributed by atoms with Gasteiger partial charge in [-0.05, 0) is 57.3 Å². The summed E-state index contributed by atoms with van der Waals surface area (Å²) in [5.41, 5.74) is 2.10. The van der Waals surface area contributed by atoms with E-state index in [1.165, 1.54) is 24.8 Å². The third-order valence-electron chi connectivity index (χ3n) is 5.48. The van der Waals surface area contributed by atoms with Crippen LogP contribution in [0.15, 0.2) is 28.8 Å². The Morgan fingerprint density at radius 3 is 2.82 bits per heavy atom. The minimum Gasteiger partial charge on any atom is -0.391 e. The number of hydrogen-bond donors (Lipinski definition) is 2. The fourth-order valence-electron chi connectivity index (χ4n) is 3.67. The van der Waals surface area contributed by atoms with Gasteiger partial charge < -0.3 is 14.9 Å². The molecule has 1 saturated heterocycles. The van der Waals surface area contributed by atoms with Crippen LogP contribution in [-0.4, -0.2) is 45.2 Å². The highest BCUT2D eigenvalue weighted by molar-refractivity contribution is 5.81. The number of carbonyl (C=O) groups is 1. The first-order valence-corrected chi connectivity index (χ1v) is 10.2. The Kier molecular flexibility index (Phi) is 5.73. The lowest BCUT2D eigenvalue weighted by Gasteiger charge is -2.26. The van der Waals surface area contributed by atoms with Crippen molar-refractivity contribution >= 4 is 5.91 Å². The largest absolute Gasteiger partial charge is 0.391 e. The Morgan fingerprint density at radius 2 is 2.11 bits per heavy atom. The molecular weight excluding hydrogens is 356 g/mol. The van der Waals surface area contributed by atoms with Crippen molar-refractivity contribution in [3.63, 3.8) is 0 Å². The van der Waals surface area contributed by atoms with Gasteiger partial charge in [0, 0.05) is 18.0 Å². The number of aromatic nitrogens is 2. The molecule has 1 amide bonds. The number of aliphatic hydroxyl groups is 1. The smallest absolute Gasteiger partial charge is 0.252 e. The minimum atomic E-state index is -0.818. The summed E-state index contributed by atoms with van der Waals surface area (Å²) in [4.78, 5) is 19.0. The summed E-state index contributed by atoms with van der Waals surface area (Å²) in [7, 11) is 0. The van der Waals surface area contributed by atoms with E-state index in [4.69, 9.17) is 4.52 Å².